The van der Waals surface area contributed by atoms with Gasteiger partial charge < -0.3 is 15.5 Å². The van der Waals surface area contributed by atoms with Crippen molar-refractivity contribution in [3.8, 4) is 0 Å². The van der Waals surface area contributed by atoms with Crippen LogP contribution >= 0.6 is 0 Å². The van der Waals surface area contributed by atoms with Crippen LogP contribution in [0.5, 0.6) is 0 Å². The monoisotopic (exact) mass is 662 g/mol. The minimum atomic E-state index is -0.654. The van der Waals surface area contributed by atoms with Crippen LogP contribution in [-0.2, 0) is 4.79 Å². The fourth-order valence-corrected chi connectivity index (χ4v) is 6.45. The van der Waals surface area contributed by atoms with Gasteiger partial charge in [0.25, 0.3) is 0 Å². The number of carbonyl (C=O) groups is 1. The lowest BCUT2D eigenvalue weighted by molar-refractivity contribution is -0.123. The summed E-state index contributed by atoms with van der Waals surface area (Å²) in [4.78, 5) is 12.3. The highest BCUT2D eigenvalue weighted by atomic mass is 16.3. The number of rotatable bonds is 38. The number of unbranched alkanes of at least 4 members (excludes halogenated alkanes) is 27. The third-order valence-corrected chi connectivity index (χ3v) is 9.72. The second-order valence-electron chi connectivity index (χ2n) is 14.4. The Kier molecular flexibility index (Phi) is 38.4. The molecule has 0 bridgehead atoms. The average molecular weight is 662 g/mol. The number of aliphatic hydroxyl groups is 2. The van der Waals surface area contributed by atoms with Crippen molar-refractivity contribution in [2.75, 3.05) is 6.61 Å². The summed E-state index contributed by atoms with van der Waals surface area (Å²) in [5.41, 5.74) is 0. The van der Waals surface area contributed by atoms with Gasteiger partial charge >= 0.3 is 0 Å². The number of hydrogen-bond donors (Lipinski definition) is 3. The van der Waals surface area contributed by atoms with E-state index in [4.69, 9.17) is 0 Å². The maximum absolute atomic E-state index is 12.3. The molecule has 2 unspecified atom stereocenters. The first-order valence-corrected chi connectivity index (χ1v) is 21.0. The van der Waals surface area contributed by atoms with Crippen molar-refractivity contribution in [1.29, 1.82) is 0 Å². The summed E-state index contributed by atoms with van der Waals surface area (Å²) in [5, 5.41) is 23.0. The lowest BCUT2D eigenvalue weighted by Gasteiger charge is -2.22. The highest BCUT2D eigenvalue weighted by Crippen LogP contribution is 2.15. The second kappa shape index (κ2) is 39.3. The van der Waals surface area contributed by atoms with Gasteiger partial charge in [0.15, 0.2) is 0 Å². The molecule has 0 spiro atoms. The van der Waals surface area contributed by atoms with Gasteiger partial charge in [-0.2, -0.15) is 0 Å². The summed E-state index contributed by atoms with van der Waals surface area (Å²) in [7, 11) is 0. The number of allylic oxidation sites excluding steroid dienone is 4. The Bertz CT molecular complexity index is 676. The van der Waals surface area contributed by atoms with Gasteiger partial charge in [0.1, 0.15) is 0 Å². The lowest BCUT2D eigenvalue weighted by Crippen LogP contribution is -2.45. The van der Waals surface area contributed by atoms with Crippen molar-refractivity contribution in [2.45, 2.75) is 238 Å². The number of carbonyl (C=O) groups excluding carboxylic acids is 1. The van der Waals surface area contributed by atoms with E-state index >= 15 is 0 Å². The molecule has 47 heavy (non-hydrogen) atoms. The predicted molar refractivity (Wildman–Crippen MR) is 207 cm³/mol. The molecule has 0 aromatic heterocycles. The van der Waals surface area contributed by atoms with Crippen LogP contribution in [0.1, 0.15) is 226 Å². The van der Waals surface area contributed by atoms with Crippen molar-refractivity contribution in [2.24, 2.45) is 0 Å². The molecule has 0 aromatic rings. The summed E-state index contributed by atoms with van der Waals surface area (Å²) in [6.07, 6.45) is 49.8. The topological polar surface area (TPSA) is 69.6 Å². The largest absolute Gasteiger partial charge is 0.394 e. The maximum Gasteiger partial charge on any atom is 0.220 e. The molecular weight excluding hydrogens is 578 g/mol. The fourth-order valence-electron chi connectivity index (χ4n) is 6.45. The molecule has 0 aliphatic carbocycles. The van der Waals surface area contributed by atoms with Crippen LogP contribution in [0.2, 0.25) is 0 Å². The Balaban J connectivity index is 3.42. The zero-order chi connectivity index (χ0) is 34.3. The summed E-state index contributed by atoms with van der Waals surface area (Å²) >= 11 is 0. The zero-order valence-corrected chi connectivity index (χ0v) is 31.8. The molecule has 0 radical (unpaired) electrons. The summed E-state index contributed by atoms with van der Waals surface area (Å²) in [6.45, 7) is 4.32. The van der Waals surface area contributed by atoms with Gasteiger partial charge in [-0.3, -0.25) is 4.79 Å². The molecule has 0 aliphatic heterocycles. The predicted octanol–water partition coefficient (Wildman–Crippen LogP) is 12.8. The lowest BCUT2D eigenvalue weighted by atomic mass is 10.0. The van der Waals surface area contributed by atoms with Gasteiger partial charge in [-0.25, -0.2) is 0 Å². The number of aliphatic hydroxyl groups excluding tert-OH is 2. The number of amides is 1. The minimum Gasteiger partial charge on any atom is -0.394 e. The van der Waals surface area contributed by atoms with Crippen LogP contribution in [0, 0.1) is 0 Å². The normalized spacial score (nSPS) is 13.2. The van der Waals surface area contributed by atoms with Gasteiger partial charge in [-0.05, 0) is 44.9 Å². The smallest absolute Gasteiger partial charge is 0.220 e. The quantitative estimate of drug-likeness (QED) is 0.0455. The molecule has 0 aromatic carbocycles. The van der Waals surface area contributed by atoms with Crippen molar-refractivity contribution < 1.29 is 15.0 Å². The van der Waals surface area contributed by atoms with E-state index in [1.54, 1.807) is 0 Å². The maximum atomic E-state index is 12.3. The first kappa shape index (κ1) is 45.9. The Labute approximate surface area is 294 Å². The molecule has 0 rings (SSSR count). The third kappa shape index (κ3) is 36.0. The van der Waals surface area contributed by atoms with Crippen molar-refractivity contribution >= 4 is 5.91 Å². The Morgan fingerprint density at radius 2 is 0.872 bits per heavy atom. The van der Waals surface area contributed by atoms with E-state index in [1.165, 1.54) is 167 Å². The van der Waals surface area contributed by atoms with Gasteiger partial charge in [-0.15, -0.1) is 0 Å². The van der Waals surface area contributed by atoms with Crippen LogP contribution in [0.4, 0.5) is 0 Å². The summed E-state index contributed by atoms with van der Waals surface area (Å²) in [5.74, 6) is -0.0337. The summed E-state index contributed by atoms with van der Waals surface area (Å²) in [6, 6.07) is -0.531. The number of hydrogen-bond acceptors (Lipinski definition) is 3. The molecule has 4 nitrogen and oxygen atoms in total. The Hall–Kier alpha value is -1.13. The zero-order valence-electron chi connectivity index (χ0n) is 31.8. The first-order chi connectivity index (χ1) is 23.2. The van der Waals surface area contributed by atoms with E-state index in [0.29, 0.717) is 12.8 Å². The average Bonchev–Trinajstić information content (AvgIpc) is 3.07. The van der Waals surface area contributed by atoms with Gasteiger partial charge in [-0.1, -0.05) is 199 Å². The molecule has 0 saturated heterocycles. The van der Waals surface area contributed by atoms with Gasteiger partial charge in [0, 0.05) is 6.42 Å². The first-order valence-electron chi connectivity index (χ1n) is 21.0. The van der Waals surface area contributed by atoms with Crippen molar-refractivity contribution in [3.05, 3.63) is 24.3 Å². The van der Waals surface area contributed by atoms with Crippen LogP contribution in [0.3, 0.4) is 0 Å². The van der Waals surface area contributed by atoms with E-state index in [1.807, 2.05) is 0 Å². The van der Waals surface area contributed by atoms with E-state index in [2.05, 4.69) is 43.5 Å². The van der Waals surface area contributed by atoms with Crippen molar-refractivity contribution in [1.82, 2.24) is 5.32 Å². The molecule has 4 heteroatoms. The van der Waals surface area contributed by atoms with Gasteiger partial charge in [0.05, 0.1) is 18.8 Å². The van der Waals surface area contributed by atoms with Crippen LogP contribution in [0.15, 0.2) is 24.3 Å². The molecule has 0 saturated carbocycles. The molecule has 0 aliphatic rings. The minimum absolute atomic E-state index is 0.0337. The molecule has 0 heterocycles. The van der Waals surface area contributed by atoms with E-state index < -0.39 is 12.1 Å². The van der Waals surface area contributed by atoms with E-state index in [-0.39, 0.29) is 12.5 Å². The van der Waals surface area contributed by atoms with Crippen LogP contribution in [-0.4, -0.2) is 34.9 Å². The Morgan fingerprint density at radius 1 is 0.511 bits per heavy atom. The van der Waals surface area contributed by atoms with Crippen molar-refractivity contribution in [3.63, 3.8) is 0 Å². The van der Waals surface area contributed by atoms with Crippen LogP contribution < -0.4 is 5.32 Å². The van der Waals surface area contributed by atoms with Crippen LogP contribution in [0.25, 0.3) is 0 Å². The SMILES string of the molecule is CCCCCCC/C=C\C/C=C\CCCCCCCCCCCCCCCCCC(=O)NC(CO)C(O)CCCCCCCCCC. The highest BCUT2D eigenvalue weighted by molar-refractivity contribution is 5.76. The molecule has 278 valence electrons. The van der Waals surface area contributed by atoms with E-state index in [9.17, 15) is 15.0 Å². The highest BCUT2D eigenvalue weighted by Gasteiger charge is 2.19. The Morgan fingerprint density at radius 3 is 1.28 bits per heavy atom. The molecule has 0 fully saturated rings. The van der Waals surface area contributed by atoms with Gasteiger partial charge in [0.2, 0.25) is 5.91 Å². The molecule has 2 atom stereocenters. The molecular formula is C43H83NO3. The summed E-state index contributed by atoms with van der Waals surface area (Å²) < 4.78 is 0. The fraction of sp³-hybridized carbons (Fsp3) is 0.884. The standard InChI is InChI=1S/C43H83NO3/c1-3-5-7-9-11-13-14-15-16-17-18-19-20-21-22-23-24-25-26-27-28-29-30-31-33-35-37-39-43(47)44-41(40-45)42(46)38-36-34-32-12-10-8-6-4-2/h14-15,17-18,41-42,45-46H,3-13,16,19-40H2,1-2H3,(H,44,47)/b15-14-,18-17-. The number of nitrogens with one attached hydrogen (secondary N) is 1. The molecule has 1 amide bonds. The third-order valence-electron chi connectivity index (χ3n) is 9.72. The second-order valence-corrected chi connectivity index (χ2v) is 14.4. The van der Waals surface area contributed by atoms with E-state index in [0.717, 1.165) is 32.1 Å². The molecule has 3 N–H and O–H groups in total.